The Morgan fingerprint density at radius 3 is 2.45 bits per heavy atom. The first-order valence-corrected chi connectivity index (χ1v) is 7.47. The highest BCUT2D eigenvalue weighted by atomic mass is 16.5. The van der Waals surface area contributed by atoms with Crippen LogP contribution in [0.25, 0.3) is 5.57 Å². The highest BCUT2D eigenvalue weighted by Gasteiger charge is 2.23. The van der Waals surface area contributed by atoms with E-state index in [0.29, 0.717) is 13.1 Å². The van der Waals surface area contributed by atoms with Gasteiger partial charge < -0.3 is 15.0 Å². The van der Waals surface area contributed by atoms with Crippen molar-refractivity contribution in [1.29, 1.82) is 0 Å². The molecule has 5 nitrogen and oxygen atoms in total. The predicted octanol–water partition coefficient (Wildman–Crippen LogP) is 2.44. The number of nitrogens with zero attached hydrogens (tertiary/aromatic N) is 1. The fraction of sp³-hybridized carbons (Fsp3) is 0.412. The van der Waals surface area contributed by atoms with E-state index in [1.807, 2.05) is 37.3 Å². The van der Waals surface area contributed by atoms with Gasteiger partial charge >= 0.3 is 6.09 Å². The molecule has 0 aromatic heterocycles. The molecule has 1 aromatic rings. The number of likely N-dealkylation sites (tertiary alicyclic amines) is 1. The lowest BCUT2D eigenvalue weighted by Crippen LogP contribution is -2.46. The minimum Gasteiger partial charge on any atom is -0.453 e. The SMILES string of the molecule is COC(=O)N1CCC(NC(=O)/C=C(/C)c2ccccc2)CC1. The minimum absolute atomic E-state index is 0.0853. The van der Waals surface area contributed by atoms with E-state index < -0.39 is 0 Å². The molecule has 118 valence electrons. The first-order chi connectivity index (χ1) is 10.6. The van der Waals surface area contributed by atoms with E-state index in [4.69, 9.17) is 4.74 Å². The third-order valence-corrected chi connectivity index (χ3v) is 3.85. The van der Waals surface area contributed by atoms with E-state index in [-0.39, 0.29) is 18.0 Å². The van der Waals surface area contributed by atoms with Crippen molar-refractivity contribution in [2.75, 3.05) is 20.2 Å². The quantitative estimate of drug-likeness (QED) is 0.872. The van der Waals surface area contributed by atoms with Gasteiger partial charge in [-0.3, -0.25) is 4.79 Å². The molecule has 1 saturated heterocycles. The van der Waals surface area contributed by atoms with Crippen LogP contribution in [0.4, 0.5) is 4.79 Å². The summed E-state index contributed by atoms with van der Waals surface area (Å²) in [7, 11) is 1.38. The van der Waals surface area contributed by atoms with Gasteiger partial charge in [-0.2, -0.15) is 0 Å². The molecule has 2 amide bonds. The molecule has 1 fully saturated rings. The van der Waals surface area contributed by atoms with Gasteiger partial charge in [-0.25, -0.2) is 4.79 Å². The number of hydrogen-bond donors (Lipinski definition) is 1. The zero-order valence-electron chi connectivity index (χ0n) is 13.0. The van der Waals surface area contributed by atoms with Crippen LogP contribution >= 0.6 is 0 Å². The lowest BCUT2D eigenvalue weighted by molar-refractivity contribution is -0.117. The Kier molecular flexibility index (Phi) is 5.58. The molecule has 1 heterocycles. The van der Waals surface area contributed by atoms with Crippen LogP contribution in [-0.4, -0.2) is 43.1 Å². The van der Waals surface area contributed by atoms with Gasteiger partial charge in [0.1, 0.15) is 0 Å². The normalized spacial score (nSPS) is 16.3. The fourth-order valence-corrected chi connectivity index (χ4v) is 2.56. The molecule has 5 heteroatoms. The van der Waals surface area contributed by atoms with Crippen LogP contribution in [0, 0.1) is 0 Å². The summed E-state index contributed by atoms with van der Waals surface area (Å²) >= 11 is 0. The van der Waals surface area contributed by atoms with E-state index >= 15 is 0 Å². The zero-order valence-corrected chi connectivity index (χ0v) is 13.0. The Bertz CT molecular complexity index is 546. The van der Waals surface area contributed by atoms with Crippen molar-refractivity contribution >= 4 is 17.6 Å². The molecule has 1 aromatic carbocycles. The van der Waals surface area contributed by atoms with Crippen LogP contribution in [0.3, 0.4) is 0 Å². The van der Waals surface area contributed by atoms with Crippen molar-refractivity contribution in [3.63, 3.8) is 0 Å². The summed E-state index contributed by atoms with van der Waals surface area (Å²) in [4.78, 5) is 25.1. The number of carbonyl (C=O) groups excluding carboxylic acids is 2. The number of rotatable bonds is 3. The van der Waals surface area contributed by atoms with E-state index in [1.54, 1.807) is 11.0 Å². The van der Waals surface area contributed by atoms with Gasteiger partial charge in [-0.15, -0.1) is 0 Å². The van der Waals surface area contributed by atoms with Crippen LogP contribution in [0.2, 0.25) is 0 Å². The highest BCUT2D eigenvalue weighted by Crippen LogP contribution is 2.14. The number of carbonyl (C=O) groups is 2. The lowest BCUT2D eigenvalue weighted by Gasteiger charge is -2.31. The number of ether oxygens (including phenoxy) is 1. The Balaban J connectivity index is 1.85. The molecule has 0 spiro atoms. The third-order valence-electron chi connectivity index (χ3n) is 3.85. The van der Waals surface area contributed by atoms with E-state index in [1.165, 1.54) is 7.11 Å². The van der Waals surface area contributed by atoms with Crippen LogP contribution in [0.5, 0.6) is 0 Å². The summed E-state index contributed by atoms with van der Waals surface area (Å²) in [5.41, 5.74) is 1.98. The molecule has 1 aliphatic rings. The van der Waals surface area contributed by atoms with Crippen LogP contribution < -0.4 is 5.32 Å². The standard InChI is InChI=1S/C17H22N2O3/c1-13(14-6-4-3-5-7-14)12-16(20)18-15-8-10-19(11-9-15)17(21)22-2/h3-7,12,15H,8-11H2,1-2H3,(H,18,20)/b13-12-. The monoisotopic (exact) mass is 302 g/mol. The molecule has 0 aliphatic carbocycles. The third kappa shape index (κ3) is 4.35. The Morgan fingerprint density at radius 2 is 1.86 bits per heavy atom. The van der Waals surface area contributed by atoms with Gasteiger partial charge in [0, 0.05) is 25.2 Å². The number of allylic oxidation sites excluding steroid dienone is 1. The maximum atomic E-state index is 12.1. The molecule has 0 bridgehead atoms. The molecular formula is C17H22N2O3. The Hall–Kier alpha value is -2.30. The summed E-state index contributed by atoms with van der Waals surface area (Å²) < 4.78 is 4.70. The molecule has 1 N–H and O–H groups in total. The van der Waals surface area contributed by atoms with Crippen LogP contribution in [-0.2, 0) is 9.53 Å². The van der Waals surface area contributed by atoms with E-state index in [9.17, 15) is 9.59 Å². The summed E-state index contributed by atoms with van der Waals surface area (Å²) in [6, 6.07) is 9.92. The minimum atomic E-state index is -0.301. The van der Waals surface area contributed by atoms with E-state index in [0.717, 1.165) is 24.0 Å². The molecule has 0 unspecified atom stereocenters. The maximum Gasteiger partial charge on any atom is 0.409 e. The Morgan fingerprint density at radius 1 is 1.23 bits per heavy atom. The average Bonchev–Trinajstić information content (AvgIpc) is 2.55. The highest BCUT2D eigenvalue weighted by molar-refractivity contribution is 5.95. The maximum absolute atomic E-state index is 12.1. The molecule has 0 saturated carbocycles. The van der Waals surface area contributed by atoms with Crippen molar-refractivity contribution in [3.05, 3.63) is 42.0 Å². The second-order valence-electron chi connectivity index (χ2n) is 5.43. The van der Waals surface area contributed by atoms with Gasteiger partial charge in [0.15, 0.2) is 0 Å². The fourth-order valence-electron chi connectivity index (χ4n) is 2.56. The number of nitrogens with one attached hydrogen (secondary N) is 1. The van der Waals surface area contributed by atoms with Crippen molar-refractivity contribution < 1.29 is 14.3 Å². The molecule has 2 rings (SSSR count). The van der Waals surface area contributed by atoms with Crippen LogP contribution in [0.1, 0.15) is 25.3 Å². The lowest BCUT2D eigenvalue weighted by atomic mass is 10.0. The molecular weight excluding hydrogens is 280 g/mol. The Labute approximate surface area is 130 Å². The molecule has 0 radical (unpaired) electrons. The summed E-state index contributed by atoms with van der Waals surface area (Å²) in [5.74, 6) is -0.0853. The van der Waals surface area contributed by atoms with Crippen molar-refractivity contribution in [1.82, 2.24) is 10.2 Å². The summed E-state index contributed by atoms with van der Waals surface area (Å²) in [6.45, 7) is 3.15. The number of benzene rings is 1. The summed E-state index contributed by atoms with van der Waals surface area (Å²) in [5, 5.41) is 3.00. The van der Waals surface area contributed by atoms with Gasteiger partial charge in [0.2, 0.25) is 5.91 Å². The second-order valence-corrected chi connectivity index (χ2v) is 5.43. The number of methoxy groups -OCH3 is 1. The smallest absolute Gasteiger partial charge is 0.409 e. The molecule has 0 atom stereocenters. The number of amides is 2. The largest absolute Gasteiger partial charge is 0.453 e. The number of piperidine rings is 1. The predicted molar refractivity (Wildman–Crippen MR) is 85.2 cm³/mol. The zero-order chi connectivity index (χ0) is 15.9. The van der Waals surface area contributed by atoms with E-state index in [2.05, 4.69) is 5.32 Å². The first-order valence-electron chi connectivity index (χ1n) is 7.47. The first kappa shape index (κ1) is 16.1. The summed E-state index contributed by atoms with van der Waals surface area (Å²) in [6.07, 6.45) is 2.82. The molecule has 1 aliphatic heterocycles. The number of hydrogen-bond acceptors (Lipinski definition) is 3. The van der Waals surface area contributed by atoms with Gasteiger partial charge in [0.25, 0.3) is 0 Å². The van der Waals surface area contributed by atoms with Gasteiger partial charge in [0.05, 0.1) is 7.11 Å². The van der Waals surface area contributed by atoms with Crippen molar-refractivity contribution in [2.24, 2.45) is 0 Å². The van der Waals surface area contributed by atoms with Crippen LogP contribution in [0.15, 0.2) is 36.4 Å². The van der Waals surface area contributed by atoms with Crippen molar-refractivity contribution in [2.45, 2.75) is 25.8 Å². The second kappa shape index (κ2) is 7.64. The van der Waals surface area contributed by atoms with Crippen molar-refractivity contribution in [3.8, 4) is 0 Å². The van der Waals surface area contributed by atoms with Gasteiger partial charge in [-0.1, -0.05) is 30.3 Å². The van der Waals surface area contributed by atoms with Gasteiger partial charge in [-0.05, 0) is 30.9 Å². The molecule has 22 heavy (non-hydrogen) atoms. The average molecular weight is 302 g/mol. The topological polar surface area (TPSA) is 58.6 Å².